The van der Waals surface area contributed by atoms with E-state index in [1.807, 2.05) is 6.92 Å². The Balaban J connectivity index is 1.89. The topological polar surface area (TPSA) is 108 Å². The van der Waals surface area contributed by atoms with Gasteiger partial charge in [-0.3, -0.25) is 0 Å². The molecule has 0 radical (unpaired) electrons. The van der Waals surface area contributed by atoms with Gasteiger partial charge in [0.1, 0.15) is 17.1 Å². The van der Waals surface area contributed by atoms with Crippen LogP contribution in [0, 0.1) is 6.92 Å². The van der Waals surface area contributed by atoms with E-state index in [1.54, 1.807) is 30.5 Å². The minimum Gasteiger partial charge on any atom is -0.461 e. The smallest absolute Gasteiger partial charge is 0.225 e. The molecule has 4 aromatic rings. The van der Waals surface area contributed by atoms with Gasteiger partial charge in [-0.25, -0.2) is 4.98 Å². The molecule has 4 aromatic heterocycles. The average molecular weight is 282 g/mol. The second-order valence-corrected chi connectivity index (χ2v) is 4.51. The molecule has 0 atom stereocenters. The fourth-order valence-corrected chi connectivity index (χ4v) is 2.04. The first-order valence-corrected chi connectivity index (χ1v) is 6.21. The van der Waals surface area contributed by atoms with Gasteiger partial charge in [0.05, 0.1) is 6.26 Å². The standard InChI is InChI=1S/C13H10N6O2/c1-7-5-9(18-21-7)8-6-11-15-12(10-3-2-4-20-10)16-13(14)19(11)17-8/h2-6H,1H3,(H2,14,15,16). The van der Waals surface area contributed by atoms with Crippen molar-refractivity contribution in [3.8, 4) is 23.0 Å². The molecule has 104 valence electrons. The van der Waals surface area contributed by atoms with Crippen LogP contribution in [-0.4, -0.2) is 24.7 Å². The average Bonchev–Trinajstić information content (AvgIpc) is 3.17. The fraction of sp³-hybridized carbons (Fsp3) is 0.0769. The molecule has 8 heteroatoms. The van der Waals surface area contributed by atoms with Crippen molar-refractivity contribution >= 4 is 11.6 Å². The van der Waals surface area contributed by atoms with E-state index in [0.717, 1.165) is 0 Å². The van der Waals surface area contributed by atoms with E-state index in [2.05, 4.69) is 20.2 Å². The first kappa shape index (κ1) is 11.6. The lowest BCUT2D eigenvalue weighted by Gasteiger charge is -2.00. The monoisotopic (exact) mass is 282 g/mol. The molecule has 0 saturated carbocycles. The van der Waals surface area contributed by atoms with E-state index in [-0.39, 0.29) is 5.95 Å². The van der Waals surface area contributed by atoms with E-state index in [4.69, 9.17) is 14.7 Å². The molecule has 0 amide bonds. The Kier molecular flexibility index (Phi) is 2.31. The van der Waals surface area contributed by atoms with Crippen LogP contribution in [0.3, 0.4) is 0 Å². The number of anilines is 1. The van der Waals surface area contributed by atoms with Crippen molar-refractivity contribution in [2.75, 3.05) is 5.73 Å². The third-order valence-corrected chi connectivity index (χ3v) is 2.98. The molecular formula is C13H10N6O2. The van der Waals surface area contributed by atoms with Gasteiger partial charge in [0.25, 0.3) is 0 Å². The number of nitrogen functional groups attached to an aromatic ring is 1. The maximum atomic E-state index is 5.92. The molecule has 0 unspecified atom stereocenters. The summed E-state index contributed by atoms with van der Waals surface area (Å²) in [6.45, 7) is 1.81. The van der Waals surface area contributed by atoms with E-state index >= 15 is 0 Å². The summed E-state index contributed by atoms with van der Waals surface area (Å²) in [7, 11) is 0. The molecule has 2 N–H and O–H groups in total. The molecule has 4 heterocycles. The number of nitrogens with zero attached hydrogens (tertiary/aromatic N) is 5. The van der Waals surface area contributed by atoms with Gasteiger partial charge in [0, 0.05) is 12.1 Å². The van der Waals surface area contributed by atoms with Crippen molar-refractivity contribution in [1.82, 2.24) is 24.7 Å². The highest BCUT2D eigenvalue weighted by Gasteiger charge is 2.14. The zero-order valence-corrected chi connectivity index (χ0v) is 11.0. The van der Waals surface area contributed by atoms with Crippen LogP contribution in [0.4, 0.5) is 5.95 Å². The molecule has 8 nitrogen and oxygen atoms in total. The minimum absolute atomic E-state index is 0.220. The van der Waals surface area contributed by atoms with Gasteiger partial charge in [-0.1, -0.05) is 5.16 Å². The zero-order chi connectivity index (χ0) is 14.4. The highest BCUT2D eigenvalue weighted by Crippen LogP contribution is 2.22. The summed E-state index contributed by atoms with van der Waals surface area (Å²) in [5.74, 6) is 1.88. The zero-order valence-electron chi connectivity index (χ0n) is 11.0. The van der Waals surface area contributed by atoms with Crippen molar-refractivity contribution in [2.45, 2.75) is 6.92 Å². The lowest BCUT2D eigenvalue weighted by atomic mass is 10.3. The third kappa shape index (κ3) is 1.84. The van der Waals surface area contributed by atoms with Crippen molar-refractivity contribution in [3.05, 3.63) is 36.3 Å². The number of furan rings is 1. The summed E-state index contributed by atoms with van der Waals surface area (Å²) in [4.78, 5) is 8.57. The maximum absolute atomic E-state index is 5.92. The SMILES string of the molecule is Cc1cc(-c2cc3nc(-c4ccco4)nc(N)n3n2)no1. The van der Waals surface area contributed by atoms with Crippen LogP contribution in [-0.2, 0) is 0 Å². The van der Waals surface area contributed by atoms with Gasteiger partial charge in [-0.05, 0) is 19.1 Å². The Hall–Kier alpha value is -3.16. The van der Waals surface area contributed by atoms with Crippen LogP contribution in [0.1, 0.15) is 5.76 Å². The van der Waals surface area contributed by atoms with Crippen LogP contribution in [0.25, 0.3) is 28.6 Å². The predicted octanol–water partition coefficient (Wildman–Crippen LogP) is 1.93. The maximum Gasteiger partial charge on any atom is 0.225 e. The Labute approximate surface area is 118 Å². The lowest BCUT2D eigenvalue weighted by molar-refractivity contribution is 0.399. The summed E-state index contributed by atoms with van der Waals surface area (Å²) in [6.07, 6.45) is 1.55. The molecule has 0 aliphatic heterocycles. The molecule has 21 heavy (non-hydrogen) atoms. The van der Waals surface area contributed by atoms with E-state index in [0.29, 0.717) is 34.4 Å². The second kappa shape index (κ2) is 4.17. The molecule has 0 aromatic carbocycles. The fourth-order valence-electron chi connectivity index (χ4n) is 2.04. The van der Waals surface area contributed by atoms with Gasteiger partial charge in [0.15, 0.2) is 11.4 Å². The minimum atomic E-state index is 0.220. The molecule has 0 aliphatic carbocycles. The largest absolute Gasteiger partial charge is 0.461 e. The van der Waals surface area contributed by atoms with Crippen LogP contribution in [0.2, 0.25) is 0 Å². The Morgan fingerprint density at radius 1 is 1.19 bits per heavy atom. The highest BCUT2D eigenvalue weighted by atomic mass is 16.5. The Morgan fingerprint density at radius 3 is 2.81 bits per heavy atom. The number of nitrogens with two attached hydrogens (primary N) is 1. The first-order chi connectivity index (χ1) is 10.2. The summed E-state index contributed by atoms with van der Waals surface area (Å²) >= 11 is 0. The molecular weight excluding hydrogens is 272 g/mol. The van der Waals surface area contributed by atoms with Crippen molar-refractivity contribution < 1.29 is 8.94 Å². The lowest BCUT2D eigenvalue weighted by Crippen LogP contribution is -2.05. The van der Waals surface area contributed by atoms with Gasteiger partial charge in [0.2, 0.25) is 11.8 Å². The van der Waals surface area contributed by atoms with Crippen LogP contribution < -0.4 is 5.73 Å². The van der Waals surface area contributed by atoms with Gasteiger partial charge in [-0.2, -0.15) is 14.6 Å². The van der Waals surface area contributed by atoms with E-state index in [1.165, 1.54) is 4.52 Å². The number of aromatic nitrogens is 5. The third-order valence-electron chi connectivity index (χ3n) is 2.98. The highest BCUT2D eigenvalue weighted by molar-refractivity contribution is 5.63. The van der Waals surface area contributed by atoms with Crippen molar-refractivity contribution in [3.63, 3.8) is 0 Å². The molecule has 4 rings (SSSR count). The Morgan fingerprint density at radius 2 is 2.10 bits per heavy atom. The van der Waals surface area contributed by atoms with E-state index < -0.39 is 0 Å². The molecule has 0 fully saturated rings. The second-order valence-electron chi connectivity index (χ2n) is 4.51. The van der Waals surface area contributed by atoms with Gasteiger partial charge >= 0.3 is 0 Å². The molecule has 0 aliphatic rings. The molecule has 0 saturated heterocycles. The van der Waals surface area contributed by atoms with Gasteiger partial charge < -0.3 is 14.7 Å². The van der Waals surface area contributed by atoms with E-state index in [9.17, 15) is 0 Å². The number of rotatable bonds is 2. The number of hydrogen-bond donors (Lipinski definition) is 1. The Bertz CT molecular complexity index is 922. The number of fused-ring (bicyclic) bond motifs is 1. The van der Waals surface area contributed by atoms with Gasteiger partial charge in [-0.15, -0.1) is 0 Å². The van der Waals surface area contributed by atoms with Crippen LogP contribution in [0.15, 0.2) is 39.5 Å². The van der Waals surface area contributed by atoms with Crippen LogP contribution in [0.5, 0.6) is 0 Å². The summed E-state index contributed by atoms with van der Waals surface area (Å²) < 4.78 is 11.8. The summed E-state index contributed by atoms with van der Waals surface area (Å²) in [5.41, 5.74) is 7.72. The molecule has 0 spiro atoms. The molecule has 0 bridgehead atoms. The van der Waals surface area contributed by atoms with Crippen molar-refractivity contribution in [2.24, 2.45) is 0 Å². The number of hydrogen-bond acceptors (Lipinski definition) is 7. The summed E-state index contributed by atoms with van der Waals surface area (Å²) in [5, 5.41) is 8.26. The number of aryl methyl sites for hydroxylation is 1. The summed E-state index contributed by atoms with van der Waals surface area (Å²) in [6, 6.07) is 7.09. The first-order valence-electron chi connectivity index (χ1n) is 6.21. The van der Waals surface area contributed by atoms with Crippen molar-refractivity contribution in [1.29, 1.82) is 0 Å². The normalized spacial score (nSPS) is 11.3. The van der Waals surface area contributed by atoms with Crippen LogP contribution >= 0.6 is 0 Å². The predicted molar refractivity (Wildman–Crippen MR) is 73.1 cm³/mol. The quantitative estimate of drug-likeness (QED) is 0.598.